The highest BCUT2D eigenvalue weighted by Crippen LogP contribution is 2.45. The SMILES string of the molecule is C#Cc1c(F)ccc2cc(O)cc(-c3nc4c5c(nc(OC[C@@]67CCCN6C[C@H](F)C7)nc5c3F)N(C)C3CCC(C3)O4)c12. The maximum Gasteiger partial charge on any atom is 0.319 e. The molecule has 5 heterocycles. The lowest BCUT2D eigenvalue weighted by Gasteiger charge is -2.32. The standard InChI is InChI=1S/C33H30F3N5O3/c1-3-22-24(35)8-5-17-11-20(42)13-23(25(17)22)28-27(36)29-26-30(40(2)19-6-7-21(12-19)44-31(26)37-28)39-32(38-29)43-16-33-9-4-10-41(33)15-18(34)14-33/h1,5,8,11,13,18-19,21,42H,4,6-7,9-10,12,14-16H2,2H3/t18-,19?,21?,33+/m1/s1. The van der Waals surface area contributed by atoms with Gasteiger partial charge in [-0.25, -0.2) is 18.2 Å². The number of anilines is 1. The van der Waals surface area contributed by atoms with E-state index in [0.29, 0.717) is 29.6 Å². The minimum absolute atomic E-state index is 0.0314. The highest BCUT2D eigenvalue weighted by Gasteiger charge is 2.49. The van der Waals surface area contributed by atoms with Gasteiger partial charge in [0.1, 0.15) is 52.9 Å². The van der Waals surface area contributed by atoms with E-state index in [1.807, 2.05) is 11.9 Å². The lowest BCUT2D eigenvalue weighted by molar-refractivity contribution is 0.107. The van der Waals surface area contributed by atoms with Crippen molar-refractivity contribution in [3.8, 4) is 41.2 Å². The van der Waals surface area contributed by atoms with E-state index in [-0.39, 0.29) is 64.1 Å². The Hall–Kier alpha value is -4.30. The molecule has 2 aromatic heterocycles. The van der Waals surface area contributed by atoms with Crippen LogP contribution in [-0.4, -0.2) is 75.6 Å². The smallest absolute Gasteiger partial charge is 0.319 e. The summed E-state index contributed by atoms with van der Waals surface area (Å²) in [5.74, 6) is 1.31. The van der Waals surface area contributed by atoms with E-state index < -0.39 is 23.3 Å². The number of aromatic hydroxyl groups is 1. The molecule has 4 aromatic rings. The third kappa shape index (κ3) is 4.07. The van der Waals surface area contributed by atoms with Gasteiger partial charge in [0.25, 0.3) is 0 Å². The molecule has 1 N–H and O–H groups in total. The van der Waals surface area contributed by atoms with E-state index in [2.05, 4.69) is 20.8 Å². The van der Waals surface area contributed by atoms with Crippen LogP contribution >= 0.6 is 0 Å². The van der Waals surface area contributed by atoms with E-state index in [4.69, 9.17) is 20.9 Å². The second kappa shape index (κ2) is 9.86. The fourth-order valence-corrected chi connectivity index (χ4v) is 7.79. The molecule has 2 aromatic carbocycles. The number of aromatic nitrogens is 3. The van der Waals surface area contributed by atoms with Crippen molar-refractivity contribution < 1.29 is 27.8 Å². The van der Waals surface area contributed by atoms with Crippen LogP contribution in [0.25, 0.3) is 32.9 Å². The number of pyridine rings is 1. The van der Waals surface area contributed by atoms with Crippen molar-refractivity contribution in [2.24, 2.45) is 0 Å². The Morgan fingerprint density at radius 1 is 1.18 bits per heavy atom. The molecular weight excluding hydrogens is 571 g/mol. The highest BCUT2D eigenvalue weighted by molar-refractivity contribution is 6.04. The number of hydrogen-bond donors (Lipinski definition) is 1. The molecule has 2 unspecified atom stereocenters. The highest BCUT2D eigenvalue weighted by atomic mass is 19.1. The van der Waals surface area contributed by atoms with Crippen molar-refractivity contribution in [3.63, 3.8) is 0 Å². The minimum atomic E-state index is -0.924. The van der Waals surface area contributed by atoms with Crippen LogP contribution in [0.1, 0.15) is 44.1 Å². The summed E-state index contributed by atoms with van der Waals surface area (Å²) in [5, 5.41) is 11.6. The molecular formula is C33H30F3N5O3. The molecule has 1 aliphatic carbocycles. The molecule has 3 aliphatic heterocycles. The number of alkyl halides is 1. The fourth-order valence-electron chi connectivity index (χ4n) is 7.79. The number of nitrogens with zero attached hydrogens (tertiary/aromatic N) is 5. The maximum absolute atomic E-state index is 16.9. The third-order valence-electron chi connectivity index (χ3n) is 9.91. The van der Waals surface area contributed by atoms with Gasteiger partial charge in [0.15, 0.2) is 5.82 Å². The Labute approximate surface area is 251 Å². The first-order valence-electron chi connectivity index (χ1n) is 15.0. The van der Waals surface area contributed by atoms with Crippen molar-refractivity contribution in [2.75, 3.05) is 31.6 Å². The van der Waals surface area contributed by atoms with Gasteiger partial charge < -0.3 is 19.5 Å². The van der Waals surface area contributed by atoms with Crippen molar-refractivity contribution in [3.05, 3.63) is 41.5 Å². The molecule has 0 amide bonds. The third-order valence-corrected chi connectivity index (χ3v) is 9.91. The van der Waals surface area contributed by atoms with Gasteiger partial charge >= 0.3 is 6.01 Å². The Balaban J connectivity index is 1.34. The lowest BCUT2D eigenvalue weighted by atomic mass is 9.95. The van der Waals surface area contributed by atoms with Gasteiger partial charge in [-0.05, 0) is 55.8 Å². The molecule has 2 bridgehead atoms. The van der Waals surface area contributed by atoms with Gasteiger partial charge in [-0.1, -0.05) is 12.0 Å². The molecule has 0 spiro atoms. The van der Waals surface area contributed by atoms with Gasteiger partial charge in [0, 0.05) is 43.4 Å². The molecule has 44 heavy (non-hydrogen) atoms. The fraction of sp³-hybridized carbons (Fsp3) is 0.424. The normalized spacial score (nSPS) is 26.0. The second-order valence-corrected chi connectivity index (χ2v) is 12.5. The molecule has 8 nitrogen and oxygen atoms in total. The number of phenols is 1. The molecule has 4 aliphatic rings. The predicted octanol–water partition coefficient (Wildman–Crippen LogP) is 5.52. The molecule has 1 saturated carbocycles. The van der Waals surface area contributed by atoms with Gasteiger partial charge in [-0.2, -0.15) is 9.97 Å². The van der Waals surface area contributed by atoms with Crippen molar-refractivity contribution >= 4 is 27.5 Å². The second-order valence-electron chi connectivity index (χ2n) is 12.5. The lowest BCUT2D eigenvalue weighted by Crippen LogP contribution is -2.43. The van der Waals surface area contributed by atoms with Crippen LogP contribution in [0.3, 0.4) is 0 Å². The Morgan fingerprint density at radius 3 is 2.89 bits per heavy atom. The summed E-state index contributed by atoms with van der Waals surface area (Å²) in [6.07, 6.45) is 9.10. The number of fused-ring (bicyclic) bond motifs is 4. The molecule has 8 rings (SSSR count). The number of ether oxygens (including phenoxy) is 2. The summed E-state index contributed by atoms with van der Waals surface area (Å²) in [4.78, 5) is 18.1. The quantitative estimate of drug-likeness (QED) is 0.307. The summed E-state index contributed by atoms with van der Waals surface area (Å²) in [5.41, 5.74) is -0.685. The summed E-state index contributed by atoms with van der Waals surface area (Å²) in [6, 6.07) is 5.51. The zero-order chi connectivity index (χ0) is 30.3. The van der Waals surface area contributed by atoms with Crippen LogP contribution in [0.15, 0.2) is 24.3 Å². The first kappa shape index (κ1) is 27.3. The Kier molecular flexibility index (Phi) is 6.11. The van der Waals surface area contributed by atoms with Crippen LogP contribution in [0.2, 0.25) is 0 Å². The van der Waals surface area contributed by atoms with Crippen molar-refractivity contribution in [1.29, 1.82) is 0 Å². The Bertz CT molecular complexity index is 1900. The maximum atomic E-state index is 16.9. The predicted molar refractivity (Wildman–Crippen MR) is 159 cm³/mol. The van der Waals surface area contributed by atoms with Crippen LogP contribution in [0.5, 0.6) is 17.6 Å². The van der Waals surface area contributed by atoms with E-state index in [1.165, 1.54) is 24.3 Å². The molecule has 4 atom stereocenters. The number of phenolic OH excluding ortho intramolecular Hbond substituents is 1. The minimum Gasteiger partial charge on any atom is -0.508 e. The monoisotopic (exact) mass is 601 g/mol. The van der Waals surface area contributed by atoms with Gasteiger partial charge in [-0.3, -0.25) is 4.90 Å². The number of benzene rings is 2. The van der Waals surface area contributed by atoms with Crippen molar-refractivity contribution in [1.82, 2.24) is 19.9 Å². The molecule has 3 fully saturated rings. The van der Waals surface area contributed by atoms with Crippen LogP contribution in [0, 0.1) is 24.0 Å². The summed E-state index contributed by atoms with van der Waals surface area (Å²) < 4.78 is 58.8. The van der Waals surface area contributed by atoms with Crippen LogP contribution < -0.4 is 14.4 Å². The van der Waals surface area contributed by atoms with E-state index in [0.717, 1.165) is 38.6 Å². The largest absolute Gasteiger partial charge is 0.508 e. The number of hydrogen-bond acceptors (Lipinski definition) is 8. The van der Waals surface area contributed by atoms with Gasteiger partial charge in [-0.15, -0.1) is 6.42 Å². The number of terminal acetylenes is 1. The summed E-state index contributed by atoms with van der Waals surface area (Å²) in [7, 11) is 1.91. The molecule has 2 saturated heterocycles. The topological polar surface area (TPSA) is 83.8 Å². The zero-order valence-electron chi connectivity index (χ0n) is 24.1. The van der Waals surface area contributed by atoms with Crippen molar-refractivity contribution in [2.45, 2.75) is 62.4 Å². The van der Waals surface area contributed by atoms with E-state index in [1.54, 1.807) is 0 Å². The number of rotatable bonds is 4. The average molecular weight is 602 g/mol. The average Bonchev–Trinajstić information content (AvgIpc) is 3.71. The summed E-state index contributed by atoms with van der Waals surface area (Å²) in [6.45, 7) is 1.36. The van der Waals surface area contributed by atoms with Gasteiger partial charge in [0.05, 0.1) is 11.1 Å². The summed E-state index contributed by atoms with van der Waals surface area (Å²) >= 11 is 0. The zero-order valence-corrected chi connectivity index (χ0v) is 24.1. The molecule has 226 valence electrons. The van der Waals surface area contributed by atoms with E-state index >= 15 is 4.39 Å². The van der Waals surface area contributed by atoms with Gasteiger partial charge in [0.2, 0.25) is 5.88 Å². The van der Waals surface area contributed by atoms with E-state index in [9.17, 15) is 13.9 Å². The first-order chi connectivity index (χ1) is 21.2. The number of halogens is 3. The Morgan fingerprint density at radius 2 is 2.05 bits per heavy atom. The van der Waals surface area contributed by atoms with Crippen LogP contribution in [0.4, 0.5) is 19.0 Å². The first-order valence-corrected chi connectivity index (χ1v) is 15.0. The molecule has 0 radical (unpaired) electrons. The molecule has 11 heteroatoms. The van der Waals surface area contributed by atoms with Crippen LogP contribution in [-0.2, 0) is 0 Å².